The molecule has 3 fully saturated rings. The van der Waals surface area contributed by atoms with Crippen molar-refractivity contribution in [3.63, 3.8) is 0 Å². The molecular weight excluding hydrogens is 482 g/mol. The molecule has 8 nitrogen and oxygen atoms in total. The second-order valence-electron chi connectivity index (χ2n) is 12.3. The molecule has 5 atom stereocenters. The molecule has 1 aromatic rings. The fraction of sp³-hybridized carbons (Fsp3) is 0.700. The zero-order chi connectivity index (χ0) is 26.8. The number of carbonyl (C=O) groups is 3. The van der Waals surface area contributed by atoms with Crippen molar-refractivity contribution in [3.8, 4) is 11.5 Å². The number of hydrogen-bond donors (Lipinski definition) is 1. The molecule has 2 bridgehead atoms. The number of ether oxygens (including phenoxy) is 2. The Balaban J connectivity index is 1.27. The molecule has 0 spiro atoms. The van der Waals surface area contributed by atoms with E-state index in [0.717, 1.165) is 43.4 Å². The van der Waals surface area contributed by atoms with Crippen LogP contribution in [0.2, 0.25) is 0 Å². The summed E-state index contributed by atoms with van der Waals surface area (Å²) in [6.07, 6.45) is 5.82. The summed E-state index contributed by atoms with van der Waals surface area (Å²) in [5, 5.41) is 3.26. The average molecular weight is 526 g/mol. The van der Waals surface area contributed by atoms with Crippen LogP contribution >= 0.6 is 0 Å². The van der Waals surface area contributed by atoms with E-state index < -0.39 is 0 Å². The van der Waals surface area contributed by atoms with Crippen molar-refractivity contribution in [3.05, 3.63) is 23.8 Å². The maximum Gasteiger partial charge on any atom is 0.231 e. The maximum absolute atomic E-state index is 13.6. The monoisotopic (exact) mass is 525 g/mol. The minimum Gasteiger partial charge on any atom is -0.454 e. The Morgan fingerprint density at radius 3 is 2.71 bits per heavy atom. The molecule has 8 heteroatoms. The second kappa shape index (κ2) is 11.5. The zero-order valence-electron chi connectivity index (χ0n) is 23.1. The lowest BCUT2D eigenvalue weighted by Crippen LogP contribution is -2.60. The standard InChI is InChI=1S/C30H43N3O5/c1-19(2)24-9-7-20(3)11-30(36)33-16-22-12-23(25(33)5-4-6-28(34)31-24)17-32(15-22)29(35)14-21-8-10-26-27(13-21)38-18-37-26/h8,10,13,19-20,22-25H,4-7,9,11-12,14-18H2,1-3H3,(H,31,34)/t20-,22+,23-,24+,25+/m1/s1. The van der Waals surface area contributed by atoms with Gasteiger partial charge in [-0.2, -0.15) is 0 Å². The van der Waals surface area contributed by atoms with Crippen LogP contribution in [0.3, 0.4) is 0 Å². The van der Waals surface area contributed by atoms with Gasteiger partial charge in [0.2, 0.25) is 24.5 Å². The molecule has 4 heterocycles. The van der Waals surface area contributed by atoms with Crippen LogP contribution < -0.4 is 14.8 Å². The zero-order valence-corrected chi connectivity index (χ0v) is 23.1. The van der Waals surface area contributed by atoms with E-state index >= 15 is 0 Å². The molecule has 5 rings (SSSR count). The van der Waals surface area contributed by atoms with Gasteiger partial charge in [-0.1, -0.05) is 26.8 Å². The quantitative estimate of drug-likeness (QED) is 0.649. The summed E-state index contributed by atoms with van der Waals surface area (Å²) in [5.41, 5.74) is 0.925. The summed E-state index contributed by atoms with van der Waals surface area (Å²) in [5.74, 6) is 3.11. The van der Waals surface area contributed by atoms with Crippen LogP contribution in [0.25, 0.3) is 0 Å². The van der Waals surface area contributed by atoms with Crippen LogP contribution in [-0.2, 0) is 20.8 Å². The molecule has 0 aliphatic carbocycles. The van der Waals surface area contributed by atoms with E-state index in [9.17, 15) is 14.4 Å². The van der Waals surface area contributed by atoms with Gasteiger partial charge >= 0.3 is 0 Å². The van der Waals surface area contributed by atoms with E-state index in [1.165, 1.54) is 0 Å². The van der Waals surface area contributed by atoms with E-state index in [4.69, 9.17) is 9.47 Å². The van der Waals surface area contributed by atoms with E-state index in [1.54, 1.807) is 0 Å². The van der Waals surface area contributed by atoms with Gasteiger partial charge in [-0.15, -0.1) is 0 Å². The Morgan fingerprint density at radius 2 is 1.89 bits per heavy atom. The van der Waals surface area contributed by atoms with Gasteiger partial charge in [-0.3, -0.25) is 14.4 Å². The number of rotatable bonds is 3. The minimum atomic E-state index is 0.0848. The average Bonchev–Trinajstić information content (AvgIpc) is 3.34. The van der Waals surface area contributed by atoms with Gasteiger partial charge in [0.15, 0.2) is 11.5 Å². The molecule has 4 aliphatic rings. The molecule has 3 saturated heterocycles. The van der Waals surface area contributed by atoms with Gasteiger partial charge in [0.25, 0.3) is 0 Å². The van der Waals surface area contributed by atoms with Crippen molar-refractivity contribution >= 4 is 17.7 Å². The van der Waals surface area contributed by atoms with Gasteiger partial charge in [-0.25, -0.2) is 0 Å². The fourth-order valence-electron chi connectivity index (χ4n) is 6.85. The Kier molecular flexibility index (Phi) is 8.15. The highest BCUT2D eigenvalue weighted by molar-refractivity contribution is 5.80. The molecule has 3 amide bonds. The Hall–Kier alpha value is -2.77. The normalized spacial score (nSPS) is 30.2. The van der Waals surface area contributed by atoms with Gasteiger partial charge < -0.3 is 24.6 Å². The molecule has 0 saturated carbocycles. The predicted octanol–water partition coefficient (Wildman–Crippen LogP) is 3.76. The van der Waals surface area contributed by atoms with Crippen LogP contribution in [0.4, 0.5) is 0 Å². The van der Waals surface area contributed by atoms with Crippen LogP contribution in [0.15, 0.2) is 18.2 Å². The van der Waals surface area contributed by atoms with Crippen molar-refractivity contribution in [2.75, 3.05) is 26.4 Å². The highest BCUT2D eigenvalue weighted by Gasteiger charge is 2.43. The van der Waals surface area contributed by atoms with Gasteiger partial charge in [0.05, 0.1) is 6.42 Å². The topological polar surface area (TPSA) is 88.2 Å². The van der Waals surface area contributed by atoms with Crippen molar-refractivity contribution in [2.24, 2.45) is 23.7 Å². The van der Waals surface area contributed by atoms with E-state index in [2.05, 4.69) is 31.0 Å². The first-order chi connectivity index (χ1) is 18.3. The first-order valence-electron chi connectivity index (χ1n) is 14.5. The number of benzene rings is 1. The van der Waals surface area contributed by atoms with Crippen molar-refractivity contribution in [1.29, 1.82) is 0 Å². The van der Waals surface area contributed by atoms with E-state index in [1.807, 2.05) is 23.1 Å². The molecule has 38 heavy (non-hydrogen) atoms. The number of nitrogens with zero attached hydrogens (tertiary/aromatic N) is 2. The summed E-state index contributed by atoms with van der Waals surface area (Å²) < 4.78 is 10.9. The van der Waals surface area contributed by atoms with Crippen molar-refractivity contribution in [2.45, 2.75) is 84.2 Å². The first-order valence-corrected chi connectivity index (χ1v) is 14.5. The molecule has 0 radical (unpaired) electrons. The first kappa shape index (κ1) is 26.8. The molecule has 0 aromatic heterocycles. The third-order valence-electron chi connectivity index (χ3n) is 8.98. The smallest absolute Gasteiger partial charge is 0.231 e. The number of fused-ring (bicyclic) bond motifs is 5. The third kappa shape index (κ3) is 6.10. The van der Waals surface area contributed by atoms with Crippen molar-refractivity contribution in [1.82, 2.24) is 15.1 Å². The highest BCUT2D eigenvalue weighted by Crippen LogP contribution is 2.37. The van der Waals surface area contributed by atoms with Crippen LogP contribution in [0.5, 0.6) is 11.5 Å². The van der Waals surface area contributed by atoms with Crippen molar-refractivity contribution < 1.29 is 23.9 Å². The van der Waals surface area contributed by atoms with Gasteiger partial charge in [0.1, 0.15) is 0 Å². The number of hydrogen-bond acceptors (Lipinski definition) is 5. The molecule has 1 N–H and O–H groups in total. The summed E-state index contributed by atoms with van der Waals surface area (Å²) in [6, 6.07) is 5.94. The van der Waals surface area contributed by atoms with Crippen LogP contribution in [0.1, 0.15) is 71.3 Å². The number of likely N-dealkylation sites (tertiary alicyclic amines) is 1. The molecule has 208 valence electrons. The lowest BCUT2D eigenvalue weighted by Gasteiger charge is -2.51. The third-order valence-corrected chi connectivity index (χ3v) is 8.98. The Bertz CT molecular complexity index is 1040. The molecule has 4 aliphatic heterocycles. The summed E-state index contributed by atoms with van der Waals surface area (Å²) in [7, 11) is 0. The summed E-state index contributed by atoms with van der Waals surface area (Å²) >= 11 is 0. The Labute approximate surface area is 226 Å². The maximum atomic E-state index is 13.6. The molecule has 0 unspecified atom stereocenters. The number of carbonyl (C=O) groups excluding carboxylic acids is 3. The molecular formula is C30H43N3O5. The van der Waals surface area contributed by atoms with Crippen LogP contribution in [-0.4, -0.2) is 66.0 Å². The predicted molar refractivity (Wildman–Crippen MR) is 144 cm³/mol. The minimum absolute atomic E-state index is 0.0848. The highest BCUT2D eigenvalue weighted by atomic mass is 16.7. The molecule has 1 aromatic carbocycles. The number of amides is 3. The van der Waals surface area contributed by atoms with Gasteiger partial charge in [0, 0.05) is 44.6 Å². The summed E-state index contributed by atoms with van der Waals surface area (Å²) in [4.78, 5) is 43.8. The van der Waals surface area contributed by atoms with E-state index in [0.29, 0.717) is 56.5 Å². The Morgan fingerprint density at radius 1 is 1.08 bits per heavy atom. The lowest BCUT2D eigenvalue weighted by atomic mass is 9.77. The SMILES string of the molecule is CC(C)[C@@H]1CC[C@@H](C)CC(=O)N2C[C@H]3C[C@H](CN(C(=O)Cc4ccc5c(c4)OCO5)C3)[C@@H]2CCCC(=O)N1. The fourth-order valence-corrected chi connectivity index (χ4v) is 6.85. The number of piperidine rings is 2. The number of nitrogens with one attached hydrogen (secondary N) is 1. The largest absolute Gasteiger partial charge is 0.454 e. The van der Waals surface area contributed by atoms with Gasteiger partial charge in [-0.05, 0) is 73.5 Å². The summed E-state index contributed by atoms with van der Waals surface area (Å²) in [6.45, 7) is 8.76. The van der Waals surface area contributed by atoms with Crippen LogP contribution in [0, 0.1) is 23.7 Å². The lowest BCUT2D eigenvalue weighted by molar-refractivity contribution is -0.146. The second-order valence-corrected chi connectivity index (χ2v) is 12.3. The van der Waals surface area contributed by atoms with E-state index in [-0.39, 0.29) is 48.4 Å².